The van der Waals surface area contributed by atoms with Crippen LogP contribution in [0.4, 0.5) is 13.2 Å². The molecule has 0 aliphatic carbocycles. The van der Waals surface area contributed by atoms with Gasteiger partial charge in [0.15, 0.2) is 0 Å². The SMILES string of the molecule is O=C(NCC(=O)N1CCN(C(=O)c2ccccc2C(F)(F)F)CC1)c1ccc(-c2ccccc2OCc2ccccc2)cc1. The van der Waals surface area contributed by atoms with Crippen molar-refractivity contribution in [2.45, 2.75) is 12.8 Å². The van der Waals surface area contributed by atoms with Crippen LogP contribution >= 0.6 is 0 Å². The molecule has 0 radical (unpaired) electrons. The van der Waals surface area contributed by atoms with Gasteiger partial charge >= 0.3 is 6.18 Å². The number of piperazine rings is 1. The first-order chi connectivity index (χ1) is 21.2. The maximum absolute atomic E-state index is 13.3. The molecule has 0 saturated carbocycles. The number of rotatable bonds is 8. The van der Waals surface area contributed by atoms with E-state index >= 15 is 0 Å². The summed E-state index contributed by atoms with van der Waals surface area (Å²) in [6.07, 6.45) is -4.65. The molecule has 1 aliphatic rings. The van der Waals surface area contributed by atoms with Crippen molar-refractivity contribution in [2.24, 2.45) is 0 Å². The lowest BCUT2D eigenvalue weighted by molar-refractivity contribution is -0.138. The van der Waals surface area contributed by atoms with Crippen LogP contribution in [0.3, 0.4) is 0 Å². The summed E-state index contributed by atoms with van der Waals surface area (Å²) in [5.41, 5.74) is 1.77. The molecule has 4 aromatic carbocycles. The monoisotopic (exact) mass is 601 g/mol. The first-order valence-corrected chi connectivity index (χ1v) is 14.1. The Kier molecular flexibility index (Phi) is 9.28. The molecule has 0 atom stereocenters. The molecule has 1 saturated heterocycles. The van der Waals surface area contributed by atoms with Gasteiger partial charge in [0, 0.05) is 37.3 Å². The zero-order chi connectivity index (χ0) is 31.1. The number of hydrogen-bond acceptors (Lipinski definition) is 4. The van der Waals surface area contributed by atoms with E-state index in [0.29, 0.717) is 17.9 Å². The molecule has 0 unspecified atom stereocenters. The predicted octanol–water partition coefficient (Wildman–Crippen LogP) is 5.67. The van der Waals surface area contributed by atoms with Crippen molar-refractivity contribution in [1.82, 2.24) is 15.1 Å². The van der Waals surface area contributed by atoms with Crippen LogP contribution in [0, 0.1) is 0 Å². The summed E-state index contributed by atoms with van der Waals surface area (Å²) in [6.45, 7) is 0.640. The van der Waals surface area contributed by atoms with Gasteiger partial charge in [-0.15, -0.1) is 0 Å². The van der Waals surface area contributed by atoms with Crippen molar-refractivity contribution in [3.05, 3.63) is 125 Å². The second-order valence-electron chi connectivity index (χ2n) is 10.2. The Labute approximate surface area is 252 Å². The number of amides is 3. The molecule has 7 nitrogen and oxygen atoms in total. The van der Waals surface area contributed by atoms with E-state index in [1.807, 2.05) is 66.7 Å². The standard InChI is InChI=1S/C34H30F3N3O4/c35-34(36,37)29-12-6-4-11-28(29)33(43)40-20-18-39(19-21-40)31(41)22-38-32(42)26-16-14-25(15-17-26)27-10-5-7-13-30(27)44-23-24-8-2-1-3-9-24/h1-17H,18-23H2,(H,38,42). The van der Waals surface area contributed by atoms with Gasteiger partial charge in [-0.05, 0) is 41.5 Å². The average molecular weight is 602 g/mol. The summed E-state index contributed by atoms with van der Waals surface area (Å²) in [5.74, 6) is -0.781. The Bertz CT molecular complexity index is 1620. The van der Waals surface area contributed by atoms with Gasteiger partial charge in [-0.2, -0.15) is 13.2 Å². The van der Waals surface area contributed by atoms with Crippen LogP contribution in [0.5, 0.6) is 5.75 Å². The van der Waals surface area contributed by atoms with E-state index in [9.17, 15) is 27.6 Å². The van der Waals surface area contributed by atoms with Crippen molar-refractivity contribution >= 4 is 17.7 Å². The van der Waals surface area contributed by atoms with Crippen LogP contribution in [0.25, 0.3) is 11.1 Å². The van der Waals surface area contributed by atoms with E-state index < -0.39 is 29.1 Å². The van der Waals surface area contributed by atoms with E-state index in [2.05, 4.69) is 5.32 Å². The van der Waals surface area contributed by atoms with E-state index in [0.717, 1.165) is 28.8 Å². The summed E-state index contributed by atoms with van der Waals surface area (Å²) in [5, 5.41) is 2.63. The number of para-hydroxylation sites is 1. The summed E-state index contributed by atoms with van der Waals surface area (Å²) in [6, 6.07) is 29.1. The number of ether oxygens (including phenoxy) is 1. The third kappa shape index (κ3) is 7.26. The van der Waals surface area contributed by atoms with E-state index in [1.165, 1.54) is 21.9 Å². The summed E-state index contributed by atoms with van der Waals surface area (Å²) in [4.78, 5) is 41.1. The Hall–Kier alpha value is -5.12. The van der Waals surface area contributed by atoms with Crippen LogP contribution in [0.15, 0.2) is 103 Å². The highest BCUT2D eigenvalue weighted by Gasteiger charge is 2.36. The second-order valence-corrected chi connectivity index (χ2v) is 10.2. The second kappa shape index (κ2) is 13.5. The Morgan fingerprint density at radius 2 is 1.34 bits per heavy atom. The maximum atomic E-state index is 13.3. The lowest BCUT2D eigenvalue weighted by Gasteiger charge is -2.35. The number of benzene rings is 4. The molecule has 1 aliphatic heterocycles. The zero-order valence-electron chi connectivity index (χ0n) is 23.7. The Morgan fingerprint density at radius 1 is 0.727 bits per heavy atom. The van der Waals surface area contributed by atoms with Gasteiger partial charge in [-0.1, -0.05) is 72.8 Å². The minimum atomic E-state index is -4.65. The Morgan fingerprint density at radius 3 is 2.05 bits per heavy atom. The molecular weight excluding hydrogens is 571 g/mol. The summed E-state index contributed by atoms with van der Waals surface area (Å²) < 4.78 is 46.1. The highest BCUT2D eigenvalue weighted by Crippen LogP contribution is 2.33. The van der Waals surface area contributed by atoms with Crippen LogP contribution in [0.1, 0.15) is 31.8 Å². The molecule has 10 heteroatoms. The molecule has 0 aromatic heterocycles. The predicted molar refractivity (Wildman–Crippen MR) is 159 cm³/mol. The zero-order valence-corrected chi connectivity index (χ0v) is 23.7. The number of carbonyl (C=O) groups is 3. The van der Waals surface area contributed by atoms with E-state index in [-0.39, 0.29) is 38.6 Å². The lowest BCUT2D eigenvalue weighted by Crippen LogP contribution is -2.52. The van der Waals surface area contributed by atoms with Gasteiger partial charge in [-0.25, -0.2) is 0 Å². The first-order valence-electron chi connectivity index (χ1n) is 14.1. The van der Waals surface area contributed by atoms with Crippen LogP contribution in [-0.2, 0) is 17.6 Å². The molecule has 44 heavy (non-hydrogen) atoms. The topological polar surface area (TPSA) is 79.0 Å². The number of nitrogens with one attached hydrogen (secondary N) is 1. The fourth-order valence-electron chi connectivity index (χ4n) is 4.98. The highest BCUT2D eigenvalue weighted by atomic mass is 19.4. The van der Waals surface area contributed by atoms with Gasteiger partial charge < -0.3 is 19.9 Å². The fourth-order valence-corrected chi connectivity index (χ4v) is 4.98. The minimum Gasteiger partial charge on any atom is -0.488 e. The maximum Gasteiger partial charge on any atom is 0.417 e. The van der Waals surface area contributed by atoms with Crippen LogP contribution < -0.4 is 10.1 Å². The van der Waals surface area contributed by atoms with E-state index in [4.69, 9.17) is 4.74 Å². The smallest absolute Gasteiger partial charge is 0.417 e. The average Bonchev–Trinajstić information content (AvgIpc) is 3.06. The summed E-state index contributed by atoms with van der Waals surface area (Å²) >= 11 is 0. The molecule has 3 amide bonds. The molecule has 226 valence electrons. The number of carbonyl (C=O) groups excluding carboxylic acids is 3. The quantitative estimate of drug-likeness (QED) is 0.283. The van der Waals surface area contributed by atoms with Gasteiger partial charge in [0.05, 0.1) is 17.7 Å². The first kappa shape index (κ1) is 30.3. The lowest BCUT2D eigenvalue weighted by atomic mass is 10.0. The van der Waals surface area contributed by atoms with Crippen molar-refractivity contribution in [2.75, 3.05) is 32.7 Å². The number of hydrogen-bond donors (Lipinski definition) is 1. The normalized spacial score (nSPS) is 13.3. The number of halogens is 3. The highest BCUT2D eigenvalue weighted by molar-refractivity contribution is 5.97. The number of alkyl halides is 3. The van der Waals surface area contributed by atoms with Gasteiger partial charge in [0.1, 0.15) is 12.4 Å². The largest absolute Gasteiger partial charge is 0.488 e. The summed E-state index contributed by atoms with van der Waals surface area (Å²) in [7, 11) is 0. The van der Waals surface area contributed by atoms with Crippen molar-refractivity contribution < 1.29 is 32.3 Å². The van der Waals surface area contributed by atoms with Gasteiger partial charge in [0.2, 0.25) is 5.91 Å². The van der Waals surface area contributed by atoms with Gasteiger partial charge in [-0.3, -0.25) is 14.4 Å². The van der Waals surface area contributed by atoms with E-state index in [1.54, 1.807) is 12.1 Å². The minimum absolute atomic E-state index is 0.0860. The molecule has 0 spiro atoms. The molecule has 4 aromatic rings. The van der Waals surface area contributed by atoms with Crippen molar-refractivity contribution in [3.8, 4) is 16.9 Å². The molecule has 1 fully saturated rings. The fraction of sp³-hybridized carbons (Fsp3) is 0.206. The third-order valence-corrected chi connectivity index (χ3v) is 7.36. The molecule has 5 rings (SSSR count). The van der Waals surface area contributed by atoms with Crippen molar-refractivity contribution in [3.63, 3.8) is 0 Å². The van der Waals surface area contributed by atoms with Crippen LogP contribution in [-0.4, -0.2) is 60.2 Å². The molecule has 1 heterocycles. The molecule has 1 N–H and O–H groups in total. The van der Waals surface area contributed by atoms with Gasteiger partial charge in [0.25, 0.3) is 11.8 Å². The molecule has 0 bridgehead atoms. The van der Waals surface area contributed by atoms with Crippen molar-refractivity contribution in [1.29, 1.82) is 0 Å². The molecular formula is C34H30F3N3O4. The number of nitrogens with zero attached hydrogens (tertiary/aromatic N) is 2. The third-order valence-electron chi connectivity index (χ3n) is 7.36. The Balaban J connectivity index is 1.12. The van der Waals surface area contributed by atoms with Crippen LogP contribution in [0.2, 0.25) is 0 Å².